The average molecular weight is 598 g/mol. The summed E-state index contributed by atoms with van der Waals surface area (Å²) >= 11 is 1.38. The molecule has 3 heterocycles. The number of nitrogens with one attached hydrogen (secondary N) is 2. The Kier molecular flexibility index (Phi) is 8.96. The highest BCUT2D eigenvalue weighted by Crippen LogP contribution is 2.42. The van der Waals surface area contributed by atoms with Gasteiger partial charge in [0.05, 0.1) is 0 Å². The van der Waals surface area contributed by atoms with Gasteiger partial charge in [0.25, 0.3) is 11.8 Å². The van der Waals surface area contributed by atoms with Crippen molar-refractivity contribution in [1.82, 2.24) is 15.2 Å². The molecule has 2 N–H and O–H groups in total. The number of aromatic nitrogens is 1. The maximum absolute atomic E-state index is 13.8. The van der Waals surface area contributed by atoms with Gasteiger partial charge >= 0.3 is 5.97 Å². The fraction of sp³-hybridized carbons (Fsp3) is 0.161. The number of oxime groups is 1. The molecule has 0 saturated carbocycles. The molecule has 12 heteroatoms. The van der Waals surface area contributed by atoms with Crippen LogP contribution >= 0.6 is 11.8 Å². The summed E-state index contributed by atoms with van der Waals surface area (Å²) in [6.07, 6.45) is 1.28. The summed E-state index contributed by atoms with van der Waals surface area (Å²) in [6, 6.07) is 22.3. The van der Waals surface area contributed by atoms with Gasteiger partial charge in [0, 0.05) is 5.75 Å². The van der Waals surface area contributed by atoms with Crippen molar-refractivity contribution in [2.75, 3.05) is 18.2 Å². The molecule has 3 aromatic rings. The molecule has 1 unspecified atom stereocenters. The maximum Gasteiger partial charge on any atom is 0.356 e. The van der Waals surface area contributed by atoms with Gasteiger partial charge in [0.1, 0.15) is 35.7 Å². The van der Waals surface area contributed by atoms with Crippen LogP contribution < -0.4 is 10.6 Å². The van der Waals surface area contributed by atoms with E-state index in [4.69, 9.17) is 9.57 Å². The lowest BCUT2D eigenvalue weighted by Gasteiger charge is -2.49. The van der Waals surface area contributed by atoms with Crippen LogP contribution in [0.2, 0.25) is 0 Å². The summed E-state index contributed by atoms with van der Waals surface area (Å²) in [6.45, 7) is 3.84. The Bertz CT molecular complexity index is 1570. The van der Waals surface area contributed by atoms with Crippen molar-refractivity contribution in [2.24, 2.45) is 5.16 Å². The van der Waals surface area contributed by atoms with Gasteiger partial charge in [-0.1, -0.05) is 84.5 Å². The highest BCUT2D eigenvalue weighted by Gasteiger charge is 2.54. The Hall–Kier alpha value is -5.23. The molecule has 5 rings (SSSR count). The van der Waals surface area contributed by atoms with E-state index in [1.807, 2.05) is 60.7 Å². The predicted molar refractivity (Wildman–Crippen MR) is 161 cm³/mol. The zero-order valence-corrected chi connectivity index (χ0v) is 23.8. The number of benzene rings is 2. The second-order valence-electron chi connectivity index (χ2n) is 9.34. The van der Waals surface area contributed by atoms with Crippen molar-refractivity contribution in [3.8, 4) is 0 Å². The monoisotopic (exact) mass is 597 g/mol. The van der Waals surface area contributed by atoms with Crippen molar-refractivity contribution in [3.63, 3.8) is 0 Å². The molecule has 2 aliphatic heterocycles. The van der Waals surface area contributed by atoms with Gasteiger partial charge in [0.15, 0.2) is 11.8 Å². The van der Waals surface area contributed by atoms with Crippen LogP contribution in [0.15, 0.2) is 108 Å². The number of nitrogens with zero attached hydrogens (tertiary/aromatic N) is 3. The molecule has 2 aliphatic rings. The largest absolute Gasteiger partial charge is 0.448 e. The van der Waals surface area contributed by atoms with Crippen LogP contribution in [0.3, 0.4) is 0 Å². The number of rotatable bonds is 11. The molecule has 1 saturated heterocycles. The Morgan fingerprint density at radius 1 is 1.07 bits per heavy atom. The lowest BCUT2D eigenvalue weighted by atomic mass is 10.0. The fourth-order valence-corrected chi connectivity index (χ4v) is 6.09. The number of amides is 3. The molecule has 0 bridgehead atoms. The molecule has 218 valence electrons. The molecular weight excluding hydrogens is 570 g/mol. The zero-order valence-electron chi connectivity index (χ0n) is 23.0. The lowest BCUT2D eigenvalue weighted by molar-refractivity contribution is -0.154. The minimum atomic E-state index is -0.955. The third-order valence-corrected chi connectivity index (χ3v) is 8.05. The van der Waals surface area contributed by atoms with Crippen LogP contribution in [0.5, 0.6) is 0 Å². The first kappa shape index (κ1) is 29.3. The van der Waals surface area contributed by atoms with Gasteiger partial charge in [-0.15, -0.1) is 11.8 Å². The van der Waals surface area contributed by atoms with Gasteiger partial charge in [-0.2, -0.15) is 0 Å². The molecule has 0 radical (unpaired) electrons. The van der Waals surface area contributed by atoms with E-state index in [-0.39, 0.29) is 22.9 Å². The number of pyridine rings is 1. The van der Waals surface area contributed by atoms with E-state index >= 15 is 0 Å². The normalized spacial score (nSPS) is 17.9. The standard InChI is InChI=1S/C31H27N5O6S/c1-3-19-17-43-30-25(34-28(38)24(35-41-2)22-15-10-16-23(33-22)32-18-37)29(39)36(30)26(19)31(40)42-27(20-11-6-4-7-12-20)21-13-8-5-9-14-21/h3-16,18,25,27,30H,1,17H2,2H3,(H,34,38)(H,32,33,37)/t25?,30-/m0/s1. The van der Waals surface area contributed by atoms with Gasteiger partial charge < -0.3 is 20.2 Å². The number of allylic oxidation sites excluding steroid dienone is 1. The van der Waals surface area contributed by atoms with Crippen molar-refractivity contribution in [3.05, 3.63) is 120 Å². The van der Waals surface area contributed by atoms with E-state index in [1.165, 1.54) is 42.0 Å². The van der Waals surface area contributed by atoms with Crippen LogP contribution in [-0.2, 0) is 28.8 Å². The fourth-order valence-electron chi connectivity index (χ4n) is 4.75. The van der Waals surface area contributed by atoms with Gasteiger partial charge in [-0.3, -0.25) is 19.3 Å². The van der Waals surface area contributed by atoms with Crippen molar-refractivity contribution in [2.45, 2.75) is 17.5 Å². The van der Waals surface area contributed by atoms with Crippen LogP contribution in [0.4, 0.5) is 5.82 Å². The third kappa shape index (κ3) is 6.04. The number of fused-ring (bicyclic) bond motifs is 1. The van der Waals surface area contributed by atoms with Gasteiger partial charge in [-0.25, -0.2) is 9.78 Å². The molecule has 2 atom stereocenters. The van der Waals surface area contributed by atoms with Crippen LogP contribution in [0.25, 0.3) is 0 Å². The number of hydrogen-bond acceptors (Lipinski definition) is 9. The van der Waals surface area contributed by atoms with E-state index in [2.05, 4.69) is 27.4 Å². The number of thioether (sulfide) groups is 1. The second-order valence-corrected chi connectivity index (χ2v) is 10.4. The van der Waals surface area contributed by atoms with E-state index in [9.17, 15) is 19.2 Å². The van der Waals surface area contributed by atoms with Crippen LogP contribution in [0.1, 0.15) is 22.9 Å². The molecule has 0 spiro atoms. The summed E-state index contributed by atoms with van der Waals surface area (Å²) in [5, 5.41) is 8.32. The predicted octanol–water partition coefficient (Wildman–Crippen LogP) is 3.17. The highest BCUT2D eigenvalue weighted by molar-refractivity contribution is 8.00. The Balaban J connectivity index is 1.37. The molecule has 11 nitrogen and oxygen atoms in total. The lowest BCUT2D eigenvalue weighted by Crippen LogP contribution is -2.71. The number of β-lactam (4-membered cyclic amide) rings is 1. The highest BCUT2D eigenvalue weighted by atomic mass is 32.2. The summed E-state index contributed by atoms with van der Waals surface area (Å²) in [5.74, 6) is -1.31. The molecule has 1 aromatic heterocycles. The van der Waals surface area contributed by atoms with Crippen LogP contribution in [0, 0.1) is 0 Å². The van der Waals surface area contributed by atoms with Crippen molar-refractivity contribution >= 4 is 47.5 Å². The Labute approximate surface area is 251 Å². The number of anilines is 1. The van der Waals surface area contributed by atoms with Crippen LogP contribution in [-0.4, -0.2) is 64.1 Å². The number of hydrogen-bond donors (Lipinski definition) is 2. The molecule has 2 aromatic carbocycles. The number of ether oxygens (including phenoxy) is 1. The van der Waals surface area contributed by atoms with E-state index in [0.717, 1.165) is 11.1 Å². The zero-order chi connectivity index (χ0) is 30.3. The summed E-state index contributed by atoms with van der Waals surface area (Å²) in [4.78, 5) is 61.7. The average Bonchev–Trinajstić information content (AvgIpc) is 3.05. The number of carbonyl (C=O) groups is 4. The topological polar surface area (TPSA) is 139 Å². The number of esters is 1. The Morgan fingerprint density at radius 3 is 2.35 bits per heavy atom. The maximum atomic E-state index is 13.8. The minimum absolute atomic E-state index is 0.0891. The molecule has 1 fully saturated rings. The van der Waals surface area contributed by atoms with Gasteiger partial charge in [-0.05, 0) is 28.8 Å². The first-order chi connectivity index (χ1) is 21.0. The molecule has 0 aliphatic carbocycles. The van der Waals surface area contributed by atoms with E-state index < -0.39 is 35.3 Å². The summed E-state index contributed by atoms with van der Waals surface area (Å²) in [5.41, 5.74) is 2.11. The number of carbonyl (C=O) groups excluding carboxylic acids is 4. The van der Waals surface area contributed by atoms with Crippen molar-refractivity contribution in [1.29, 1.82) is 0 Å². The minimum Gasteiger partial charge on any atom is -0.448 e. The first-order valence-corrected chi connectivity index (χ1v) is 14.2. The second kappa shape index (κ2) is 13.2. The third-order valence-electron chi connectivity index (χ3n) is 6.75. The van der Waals surface area contributed by atoms with Crippen molar-refractivity contribution < 1.29 is 28.8 Å². The summed E-state index contributed by atoms with van der Waals surface area (Å²) < 4.78 is 6.06. The Morgan fingerprint density at radius 2 is 1.74 bits per heavy atom. The smallest absolute Gasteiger partial charge is 0.356 e. The quantitative estimate of drug-likeness (QED) is 0.113. The van der Waals surface area contributed by atoms with E-state index in [1.54, 1.807) is 6.07 Å². The molecule has 3 amide bonds. The summed E-state index contributed by atoms with van der Waals surface area (Å²) in [7, 11) is 1.27. The first-order valence-electron chi connectivity index (χ1n) is 13.2. The molecular formula is C31H27N5O6S. The van der Waals surface area contributed by atoms with Gasteiger partial charge in [0.2, 0.25) is 6.41 Å². The SMILES string of the molecule is C=CC1=C(C(=O)OC(c2ccccc2)c2ccccc2)N2C(=O)C(NC(=O)C(=NOC)c3cccc(NC=O)n3)[C@@H]2SC1. The van der Waals surface area contributed by atoms with E-state index in [0.29, 0.717) is 17.7 Å². The molecule has 43 heavy (non-hydrogen) atoms.